The first kappa shape index (κ1) is 19.1. The number of carbonyl (C=O) groups excluding carboxylic acids is 1. The summed E-state index contributed by atoms with van der Waals surface area (Å²) in [7, 11) is 0. The number of amides is 1. The van der Waals surface area contributed by atoms with Gasteiger partial charge >= 0.3 is 0 Å². The molecule has 0 aromatic carbocycles. The molecule has 29 heavy (non-hydrogen) atoms. The number of nitriles is 1. The molecular formula is C20H20N6O2S. The molecule has 3 aromatic rings. The van der Waals surface area contributed by atoms with Gasteiger partial charge in [-0.3, -0.25) is 4.79 Å². The zero-order chi connectivity index (χ0) is 20.2. The van der Waals surface area contributed by atoms with Crippen molar-refractivity contribution in [3.05, 3.63) is 53.2 Å². The Morgan fingerprint density at radius 2 is 1.97 bits per heavy atom. The summed E-state index contributed by atoms with van der Waals surface area (Å²) in [5.74, 6) is 0.198. The SMILES string of the molecule is Cc1nc(-n2cccc2)sc1C(=O)NC1CCC(Oc2nccnc2C#N)CC1. The highest BCUT2D eigenvalue weighted by atomic mass is 32.1. The van der Waals surface area contributed by atoms with Crippen molar-refractivity contribution in [2.75, 3.05) is 0 Å². The van der Waals surface area contributed by atoms with Crippen LogP contribution in [0.25, 0.3) is 5.13 Å². The summed E-state index contributed by atoms with van der Waals surface area (Å²) < 4.78 is 7.76. The standard InChI is InChI=1S/C20H20N6O2S/c1-13-17(29-20(24-13)26-10-2-3-11-26)18(27)25-14-4-6-15(7-5-14)28-19-16(12-21)22-8-9-23-19/h2-3,8-11,14-15H,4-7H2,1H3,(H,25,27). The minimum absolute atomic E-state index is 0.0302. The van der Waals surface area contributed by atoms with Crippen molar-refractivity contribution in [3.8, 4) is 17.1 Å². The fourth-order valence-electron chi connectivity index (χ4n) is 3.39. The lowest BCUT2D eigenvalue weighted by atomic mass is 9.93. The molecule has 148 valence electrons. The minimum atomic E-state index is -0.0801. The van der Waals surface area contributed by atoms with Crippen LogP contribution in [0.5, 0.6) is 5.88 Å². The van der Waals surface area contributed by atoms with Crippen LogP contribution >= 0.6 is 11.3 Å². The molecule has 0 unspecified atom stereocenters. The van der Waals surface area contributed by atoms with E-state index in [-0.39, 0.29) is 29.6 Å². The number of aryl methyl sites for hydroxylation is 1. The lowest BCUT2D eigenvalue weighted by Gasteiger charge is -2.29. The van der Waals surface area contributed by atoms with Crippen LogP contribution in [0.4, 0.5) is 0 Å². The van der Waals surface area contributed by atoms with Crippen LogP contribution in [-0.4, -0.2) is 37.6 Å². The van der Waals surface area contributed by atoms with Crippen molar-refractivity contribution in [1.82, 2.24) is 24.8 Å². The van der Waals surface area contributed by atoms with Gasteiger partial charge in [-0.25, -0.2) is 15.0 Å². The summed E-state index contributed by atoms with van der Waals surface area (Å²) in [6, 6.07) is 5.94. The van der Waals surface area contributed by atoms with Gasteiger partial charge < -0.3 is 14.6 Å². The van der Waals surface area contributed by atoms with Gasteiger partial charge in [0.25, 0.3) is 11.8 Å². The number of rotatable bonds is 5. The molecule has 3 aromatic heterocycles. The van der Waals surface area contributed by atoms with E-state index in [2.05, 4.69) is 20.3 Å². The lowest BCUT2D eigenvalue weighted by molar-refractivity contribution is 0.0892. The number of carbonyl (C=O) groups is 1. The van der Waals surface area contributed by atoms with Crippen molar-refractivity contribution in [1.29, 1.82) is 5.26 Å². The Morgan fingerprint density at radius 3 is 2.69 bits per heavy atom. The van der Waals surface area contributed by atoms with Gasteiger partial charge in [0, 0.05) is 30.8 Å². The summed E-state index contributed by atoms with van der Waals surface area (Å²) in [5.41, 5.74) is 0.932. The molecule has 0 spiro atoms. The third kappa shape index (κ3) is 4.27. The summed E-state index contributed by atoms with van der Waals surface area (Å²) in [4.78, 5) is 26.0. The van der Waals surface area contributed by atoms with Crippen molar-refractivity contribution in [2.24, 2.45) is 0 Å². The van der Waals surface area contributed by atoms with Crippen LogP contribution < -0.4 is 10.1 Å². The Hall–Kier alpha value is -3.25. The van der Waals surface area contributed by atoms with E-state index in [1.807, 2.05) is 42.1 Å². The summed E-state index contributed by atoms with van der Waals surface area (Å²) in [6.07, 6.45) is 9.96. The van der Waals surface area contributed by atoms with E-state index in [0.717, 1.165) is 36.5 Å². The molecule has 1 fully saturated rings. The zero-order valence-electron chi connectivity index (χ0n) is 15.9. The molecule has 3 heterocycles. The molecule has 1 N–H and O–H groups in total. The fourth-order valence-corrected chi connectivity index (χ4v) is 4.32. The van der Waals surface area contributed by atoms with Gasteiger partial charge in [0.1, 0.15) is 17.1 Å². The molecular weight excluding hydrogens is 388 g/mol. The second kappa shape index (κ2) is 8.41. The van der Waals surface area contributed by atoms with E-state index in [1.54, 1.807) is 0 Å². The first-order valence-electron chi connectivity index (χ1n) is 9.43. The molecule has 0 atom stereocenters. The fraction of sp³-hybridized carbons (Fsp3) is 0.350. The molecule has 0 bridgehead atoms. The average molecular weight is 408 g/mol. The molecule has 0 saturated heterocycles. The maximum absolute atomic E-state index is 12.7. The Morgan fingerprint density at radius 1 is 1.24 bits per heavy atom. The van der Waals surface area contributed by atoms with Crippen LogP contribution in [0.15, 0.2) is 36.9 Å². The van der Waals surface area contributed by atoms with Gasteiger partial charge in [0.2, 0.25) is 5.69 Å². The van der Waals surface area contributed by atoms with Gasteiger partial charge in [-0.05, 0) is 44.7 Å². The molecule has 0 aliphatic heterocycles. The summed E-state index contributed by atoms with van der Waals surface area (Å²) in [6.45, 7) is 1.86. The molecule has 8 nitrogen and oxygen atoms in total. The molecule has 4 rings (SSSR count). The van der Waals surface area contributed by atoms with E-state index in [1.165, 1.54) is 23.7 Å². The molecule has 1 aliphatic rings. The van der Waals surface area contributed by atoms with Crippen LogP contribution in [0.2, 0.25) is 0 Å². The number of aromatic nitrogens is 4. The van der Waals surface area contributed by atoms with E-state index < -0.39 is 0 Å². The minimum Gasteiger partial charge on any atom is -0.472 e. The van der Waals surface area contributed by atoms with E-state index in [4.69, 9.17) is 10.00 Å². The Balaban J connectivity index is 1.33. The predicted molar refractivity (Wildman–Crippen MR) is 107 cm³/mol. The van der Waals surface area contributed by atoms with Crippen molar-refractivity contribution >= 4 is 17.2 Å². The second-order valence-corrected chi connectivity index (χ2v) is 7.87. The number of ether oxygens (including phenoxy) is 1. The van der Waals surface area contributed by atoms with Gasteiger partial charge in [-0.15, -0.1) is 0 Å². The largest absolute Gasteiger partial charge is 0.472 e. The second-order valence-electron chi connectivity index (χ2n) is 6.89. The third-order valence-corrected chi connectivity index (χ3v) is 6.04. The predicted octanol–water partition coefficient (Wildman–Crippen LogP) is 3.02. The quantitative estimate of drug-likeness (QED) is 0.696. The van der Waals surface area contributed by atoms with Crippen molar-refractivity contribution < 1.29 is 9.53 Å². The van der Waals surface area contributed by atoms with Crippen LogP contribution in [-0.2, 0) is 0 Å². The van der Waals surface area contributed by atoms with E-state index in [0.29, 0.717) is 4.88 Å². The molecule has 9 heteroatoms. The molecule has 1 amide bonds. The Labute approximate surface area is 172 Å². The first-order chi connectivity index (χ1) is 14.1. The highest BCUT2D eigenvalue weighted by Gasteiger charge is 2.26. The van der Waals surface area contributed by atoms with Crippen molar-refractivity contribution in [3.63, 3.8) is 0 Å². The number of nitrogens with one attached hydrogen (secondary N) is 1. The molecule has 1 aliphatic carbocycles. The topological polar surface area (TPSA) is 106 Å². The smallest absolute Gasteiger partial charge is 0.263 e. The monoisotopic (exact) mass is 408 g/mol. The van der Waals surface area contributed by atoms with Gasteiger partial charge in [-0.1, -0.05) is 11.3 Å². The Bertz CT molecular complexity index is 1030. The normalized spacial score (nSPS) is 18.8. The Kier molecular flexibility index (Phi) is 5.53. The average Bonchev–Trinajstić information content (AvgIpc) is 3.39. The number of nitrogens with zero attached hydrogens (tertiary/aromatic N) is 5. The number of hydrogen-bond donors (Lipinski definition) is 1. The zero-order valence-corrected chi connectivity index (χ0v) is 16.7. The van der Waals surface area contributed by atoms with Crippen LogP contribution in [0, 0.1) is 18.3 Å². The third-order valence-electron chi connectivity index (χ3n) is 4.88. The van der Waals surface area contributed by atoms with E-state index in [9.17, 15) is 4.79 Å². The van der Waals surface area contributed by atoms with Crippen LogP contribution in [0.1, 0.15) is 46.7 Å². The van der Waals surface area contributed by atoms with E-state index >= 15 is 0 Å². The van der Waals surface area contributed by atoms with Crippen molar-refractivity contribution in [2.45, 2.75) is 44.8 Å². The summed E-state index contributed by atoms with van der Waals surface area (Å²) in [5, 5.41) is 13.0. The highest BCUT2D eigenvalue weighted by Crippen LogP contribution is 2.26. The van der Waals surface area contributed by atoms with Gasteiger partial charge in [0.15, 0.2) is 5.13 Å². The van der Waals surface area contributed by atoms with Crippen LogP contribution in [0.3, 0.4) is 0 Å². The maximum Gasteiger partial charge on any atom is 0.263 e. The summed E-state index contributed by atoms with van der Waals surface area (Å²) >= 11 is 1.39. The molecule has 0 radical (unpaired) electrons. The lowest BCUT2D eigenvalue weighted by Crippen LogP contribution is -2.39. The van der Waals surface area contributed by atoms with Gasteiger partial charge in [-0.2, -0.15) is 5.26 Å². The first-order valence-corrected chi connectivity index (χ1v) is 10.2. The molecule has 1 saturated carbocycles. The maximum atomic E-state index is 12.7. The number of hydrogen-bond acceptors (Lipinski definition) is 7. The highest BCUT2D eigenvalue weighted by molar-refractivity contribution is 7.16. The number of thiazole rings is 1. The van der Waals surface area contributed by atoms with Gasteiger partial charge in [0.05, 0.1) is 5.69 Å².